The van der Waals surface area contributed by atoms with Crippen LogP contribution in [0.15, 0.2) is 24.3 Å². The molecule has 0 unspecified atom stereocenters. The Kier molecular flexibility index (Phi) is 4.05. The van der Waals surface area contributed by atoms with Gasteiger partial charge in [0.15, 0.2) is 0 Å². The number of nitrogens with zero attached hydrogens (tertiary/aromatic N) is 1. The number of carbonyl (C=O) groups excluding carboxylic acids is 1. The Morgan fingerprint density at radius 1 is 1.26 bits per heavy atom. The van der Waals surface area contributed by atoms with Crippen LogP contribution < -0.4 is 10.6 Å². The minimum atomic E-state index is -1.41. The fourth-order valence-corrected chi connectivity index (χ4v) is 1.17. The third kappa shape index (κ3) is 3.95. The normalized spacial score (nSPS) is 10.6. The zero-order valence-corrected chi connectivity index (χ0v) is 10.3. The van der Waals surface area contributed by atoms with Crippen LogP contribution in [-0.2, 0) is 4.79 Å². The van der Waals surface area contributed by atoms with Gasteiger partial charge in [-0.3, -0.25) is 10.1 Å². The van der Waals surface area contributed by atoms with Gasteiger partial charge >= 0.3 is 12.0 Å². The number of carboxylic acids is 1. The maximum absolute atomic E-state index is 11.5. The Bertz CT molecular complexity index is 510. The Hall–Kier alpha value is -2.64. The number of non-ortho nitro benzene ring substituents is 1. The van der Waals surface area contributed by atoms with Crippen molar-refractivity contribution in [2.24, 2.45) is 0 Å². The Morgan fingerprint density at radius 3 is 2.21 bits per heavy atom. The summed E-state index contributed by atoms with van der Waals surface area (Å²) >= 11 is 0. The predicted octanol–water partition coefficient (Wildman–Crippen LogP) is 1.58. The van der Waals surface area contributed by atoms with Crippen LogP contribution in [0.5, 0.6) is 0 Å². The molecule has 2 amide bonds. The van der Waals surface area contributed by atoms with Gasteiger partial charge in [0.2, 0.25) is 0 Å². The van der Waals surface area contributed by atoms with Crippen molar-refractivity contribution in [3.63, 3.8) is 0 Å². The molecule has 3 N–H and O–H groups in total. The lowest BCUT2D eigenvalue weighted by Gasteiger charge is -2.21. The van der Waals surface area contributed by atoms with Crippen molar-refractivity contribution in [1.82, 2.24) is 5.32 Å². The lowest BCUT2D eigenvalue weighted by molar-refractivity contribution is -0.384. The molecule has 0 fully saturated rings. The largest absolute Gasteiger partial charge is 0.480 e. The lowest BCUT2D eigenvalue weighted by Crippen LogP contribution is -2.51. The van der Waals surface area contributed by atoms with Gasteiger partial charge in [0.25, 0.3) is 5.69 Å². The molecule has 0 spiro atoms. The number of rotatable bonds is 4. The highest BCUT2D eigenvalue weighted by molar-refractivity contribution is 5.93. The Balaban J connectivity index is 2.67. The second kappa shape index (κ2) is 5.34. The van der Waals surface area contributed by atoms with E-state index in [9.17, 15) is 19.7 Å². The molecule has 8 nitrogen and oxygen atoms in total. The molecule has 0 aliphatic carbocycles. The summed E-state index contributed by atoms with van der Waals surface area (Å²) in [6.45, 7) is 2.68. The van der Waals surface area contributed by atoms with E-state index in [-0.39, 0.29) is 5.69 Å². The van der Waals surface area contributed by atoms with Gasteiger partial charge in [-0.25, -0.2) is 9.59 Å². The zero-order chi connectivity index (χ0) is 14.6. The van der Waals surface area contributed by atoms with Gasteiger partial charge in [-0.1, -0.05) is 0 Å². The molecule has 0 aliphatic rings. The summed E-state index contributed by atoms with van der Waals surface area (Å²) in [5.41, 5.74) is -1.19. The number of hydrogen-bond acceptors (Lipinski definition) is 4. The van der Waals surface area contributed by atoms with E-state index in [0.29, 0.717) is 5.69 Å². The van der Waals surface area contributed by atoms with E-state index in [0.717, 1.165) is 0 Å². The highest BCUT2D eigenvalue weighted by atomic mass is 16.6. The molecule has 19 heavy (non-hydrogen) atoms. The number of urea groups is 1. The number of aliphatic carboxylic acids is 1. The molecule has 0 atom stereocenters. The molecule has 0 saturated heterocycles. The van der Waals surface area contributed by atoms with E-state index in [1.54, 1.807) is 0 Å². The highest BCUT2D eigenvalue weighted by Gasteiger charge is 2.28. The molecular formula is C11H13N3O5. The summed E-state index contributed by atoms with van der Waals surface area (Å²) in [6.07, 6.45) is 0. The van der Waals surface area contributed by atoms with Gasteiger partial charge in [-0.05, 0) is 26.0 Å². The van der Waals surface area contributed by atoms with Crippen molar-refractivity contribution >= 4 is 23.4 Å². The minimum absolute atomic E-state index is 0.100. The number of benzene rings is 1. The van der Waals surface area contributed by atoms with E-state index < -0.39 is 22.5 Å². The quantitative estimate of drug-likeness (QED) is 0.564. The third-order valence-corrected chi connectivity index (χ3v) is 2.30. The van der Waals surface area contributed by atoms with Crippen LogP contribution in [0.2, 0.25) is 0 Å². The molecule has 0 saturated carbocycles. The number of carboxylic acid groups (broad SMARTS) is 1. The van der Waals surface area contributed by atoms with Crippen molar-refractivity contribution in [3.05, 3.63) is 34.4 Å². The van der Waals surface area contributed by atoms with Crippen LogP contribution in [0.1, 0.15) is 13.8 Å². The third-order valence-electron chi connectivity index (χ3n) is 2.30. The average Bonchev–Trinajstić information content (AvgIpc) is 2.28. The fourth-order valence-electron chi connectivity index (χ4n) is 1.17. The molecule has 0 aliphatic heterocycles. The predicted molar refractivity (Wildman–Crippen MR) is 67.0 cm³/mol. The van der Waals surface area contributed by atoms with E-state index in [1.807, 2.05) is 0 Å². The van der Waals surface area contributed by atoms with Crippen LogP contribution in [-0.4, -0.2) is 27.6 Å². The van der Waals surface area contributed by atoms with E-state index in [2.05, 4.69) is 10.6 Å². The number of hydrogen-bond donors (Lipinski definition) is 3. The fraction of sp³-hybridized carbons (Fsp3) is 0.273. The molecule has 0 radical (unpaired) electrons. The first-order chi connectivity index (χ1) is 8.72. The first-order valence-electron chi connectivity index (χ1n) is 5.29. The maximum Gasteiger partial charge on any atom is 0.328 e. The molecule has 102 valence electrons. The van der Waals surface area contributed by atoms with Crippen LogP contribution in [0.25, 0.3) is 0 Å². The average molecular weight is 267 g/mol. The topological polar surface area (TPSA) is 122 Å². The van der Waals surface area contributed by atoms with Crippen molar-refractivity contribution < 1.29 is 19.6 Å². The summed E-state index contributed by atoms with van der Waals surface area (Å²) < 4.78 is 0. The summed E-state index contributed by atoms with van der Waals surface area (Å²) in [6, 6.07) is 4.47. The summed E-state index contributed by atoms with van der Waals surface area (Å²) in [5.74, 6) is -1.17. The Morgan fingerprint density at radius 2 is 1.79 bits per heavy atom. The number of nitro groups is 1. The van der Waals surface area contributed by atoms with E-state index in [1.165, 1.54) is 38.1 Å². The second-order valence-corrected chi connectivity index (χ2v) is 4.31. The van der Waals surface area contributed by atoms with Crippen molar-refractivity contribution in [2.75, 3.05) is 5.32 Å². The first kappa shape index (κ1) is 14.4. The molecule has 0 aromatic heterocycles. The smallest absolute Gasteiger partial charge is 0.328 e. The molecular weight excluding hydrogens is 254 g/mol. The van der Waals surface area contributed by atoms with Crippen molar-refractivity contribution in [2.45, 2.75) is 19.4 Å². The highest BCUT2D eigenvalue weighted by Crippen LogP contribution is 2.15. The van der Waals surface area contributed by atoms with Gasteiger partial charge in [0.1, 0.15) is 5.54 Å². The van der Waals surface area contributed by atoms with Gasteiger partial charge in [0.05, 0.1) is 4.92 Å². The van der Waals surface area contributed by atoms with E-state index >= 15 is 0 Å². The van der Waals surface area contributed by atoms with E-state index in [4.69, 9.17) is 5.11 Å². The monoisotopic (exact) mass is 267 g/mol. The number of anilines is 1. The number of nitro benzene ring substituents is 1. The molecule has 1 aromatic carbocycles. The van der Waals surface area contributed by atoms with Gasteiger partial charge in [-0.15, -0.1) is 0 Å². The second-order valence-electron chi connectivity index (χ2n) is 4.31. The Labute approximate surface area is 108 Å². The van der Waals surface area contributed by atoms with Gasteiger partial charge in [0, 0.05) is 17.8 Å². The van der Waals surface area contributed by atoms with Crippen molar-refractivity contribution in [1.29, 1.82) is 0 Å². The molecule has 0 bridgehead atoms. The lowest BCUT2D eigenvalue weighted by atomic mass is 10.1. The number of nitrogens with one attached hydrogen (secondary N) is 2. The summed E-state index contributed by atoms with van der Waals surface area (Å²) in [4.78, 5) is 32.2. The molecule has 1 aromatic rings. The van der Waals surface area contributed by atoms with Crippen LogP contribution >= 0.6 is 0 Å². The standard InChI is InChI=1S/C11H13N3O5/c1-11(2,9(15)16)13-10(17)12-7-3-5-8(6-4-7)14(18)19/h3-6H,1-2H3,(H,15,16)(H2,12,13,17). The first-order valence-corrected chi connectivity index (χ1v) is 5.29. The summed E-state index contributed by atoms with van der Waals surface area (Å²) in [5, 5.41) is 23.9. The molecule has 1 rings (SSSR count). The van der Waals surface area contributed by atoms with Gasteiger partial charge < -0.3 is 15.7 Å². The summed E-state index contributed by atoms with van der Waals surface area (Å²) in [7, 11) is 0. The van der Waals surface area contributed by atoms with Gasteiger partial charge in [-0.2, -0.15) is 0 Å². The van der Waals surface area contributed by atoms with Crippen LogP contribution in [0, 0.1) is 10.1 Å². The maximum atomic E-state index is 11.5. The number of amides is 2. The SMILES string of the molecule is CC(C)(NC(=O)Nc1ccc([N+](=O)[O-])cc1)C(=O)O. The van der Waals surface area contributed by atoms with Crippen LogP contribution in [0.3, 0.4) is 0 Å². The number of carbonyl (C=O) groups is 2. The zero-order valence-electron chi connectivity index (χ0n) is 10.3. The minimum Gasteiger partial charge on any atom is -0.480 e. The van der Waals surface area contributed by atoms with Crippen LogP contribution in [0.4, 0.5) is 16.2 Å². The molecule has 8 heteroatoms. The molecule has 0 heterocycles. The van der Waals surface area contributed by atoms with Crippen molar-refractivity contribution in [3.8, 4) is 0 Å².